The first-order valence-corrected chi connectivity index (χ1v) is 5.06. The first-order valence-electron chi connectivity index (χ1n) is 5.06. The van der Waals surface area contributed by atoms with Crippen molar-refractivity contribution in [3.8, 4) is 0 Å². The molecule has 12 heavy (non-hydrogen) atoms. The Hall–Kier alpha value is -0.0800. The smallest absolute Gasteiger partial charge is 0.106 e. The monoisotopic (exact) mass is 166 g/mol. The fraction of sp³-hybridized carbons (Fsp3) is 1.00. The lowest BCUT2D eigenvalue weighted by molar-refractivity contribution is -0.167. The third kappa shape index (κ3) is 0.882. The summed E-state index contributed by atoms with van der Waals surface area (Å²) in [4.78, 5) is 0. The van der Waals surface area contributed by atoms with Crippen LogP contribution in [0.5, 0.6) is 0 Å². The maximum absolute atomic E-state index is 12.1. The van der Waals surface area contributed by atoms with Crippen LogP contribution in [-0.4, -0.2) is 11.1 Å². The summed E-state index contributed by atoms with van der Waals surface area (Å²) in [5.41, 5.74) is 5.54. The quantitative estimate of drug-likeness (QED) is 0.582. The van der Waals surface area contributed by atoms with E-state index in [2.05, 4.69) is 0 Å². The van der Waals surface area contributed by atoms with Gasteiger partial charge in [0.05, 0.1) is 0 Å². The van der Waals surface area contributed by atoms with E-state index in [4.69, 9.17) is 5.73 Å². The van der Waals surface area contributed by atoms with E-state index in [9.17, 15) is 5.11 Å². The second-order valence-electron chi connectivity index (χ2n) is 5.51. The molecule has 4 aliphatic carbocycles. The van der Waals surface area contributed by atoms with Crippen molar-refractivity contribution in [3.63, 3.8) is 0 Å². The van der Waals surface area contributed by atoms with Crippen LogP contribution in [0.25, 0.3) is 0 Å². The average molecular weight is 166 g/mol. The van der Waals surface area contributed by atoms with Crippen molar-refractivity contribution in [3.05, 3.63) is 0 Å². The van der Waals surface area contributed by atoms with E-state index in [0.29, 0.717) is 11.8 Å². The number of hydrogen-bond acceptors (Lipinski definition) is 1. The molecule has 4 fully saturated rings. The SMILES string of the molecule is NC12CC3CC(C1)CC([O])(C3)C2. The predicted molar refractivity (Wildman–Crippen MR) is 45.0 cm³/mol. The molecule has 67 valence electrons. The second-order valence-corrected chi connectivity index (χ2v) is 5.51. The third-order valence-corrected chi connectivity index (χ3v) is 4.05. The molecule has 0 aromatic rings. The van der Waals surface area contributed by atoms with Gasteiger partial charge in [-0.15, -0.1) is 0 Å². The fourth-order valence-corrected chi connectivity index (χ4v) is 4.25. The fourth-order valence-electron chi connectivity index (χ4n) is 4.25. The molecule has 2 nitrogen and oxygen atoms in total. The first kappa shape index (κ1) is 7.34. The molecule has 4 bridgehead atoms. The zero-order valence-corrected chi connectivity index (χ0v) is 7.38. The minimum absolute atomic E-state index is 0.0498. The van der Waals surface area contributed by atoms with E-state index >= 15 is 0 Å². The molecule has 2 unspecified atom stereocenters. The van der Waals surface area contributed by atoms with E-state index in [-0.39, 0.29) is 5.54 Å². The van der Waals surface area contributed by atoms with Gasteiger partial charge >= 0.3 is 0 Å². The molecule has 0 amide bonds. The van der Waals surface area contributed by atoms with Gasteiger partial charge in [0.25, 0.3) is 0 Å². The molecule has 0 heterocycles. The van der Waals surface area contributed by atoms with Crippen molar-refractivity contribution in [2.45, 2.75) is 49.7 Å². The maximum atomic E-state index is 12.1. The van der Waals surface area contributed by atoms with Crippen LogP contribution < -0.4 is 5.73 Å². The van der Waals surface area contributed by atoms with Gasteiger partial charge in [-0.05, 0) is 50.4 Å². The van der Waals surface area contributed by atoms with Crippen LogP contribution in [0.1, 0.15) is 38.5 Å². The lowest BCUT2D eigenvalue weighted by Crippen LogP contribution is -2.62. The second kappa shape index (κ2) is 1.88. The highest BCUT2D eigenvalue weighted by Crippen LogP contribution is 2.56. The Balaban J connectivity index is 1.98. The number of rotatable bonds is 0. The van der Waals surface area contributed by atoms with Crippen LogP contribution >= 0.6 is 0 Å². The molecule has 0 aromatic heterocycles. The van der Waals surface area contributed by atoms with Crippen molar-refractivity contribution < 1.29 is 5.11 Å². The van der Waals surface area contributed by atoms with Gasteiger partial charge in [-0.1, -0.05) is 0 Å². The summed E-state index contributed by atoms with van der Waals surface area (Å²) in [6.07, 6.45) is 6.15. The molecule has 2 N–H and O–H groups in total. The van der Waals surface area contributed by atoms with Crippen LogP contribution in [0.15, 0.2) is 0 Å². The molecule has 4 saturated carbocycles. The van der Waals surface area contributed by atoms with Gasteiger partial charge in [0, 0.05) is 5.54 Å². The van der Waals surface area contributed by atoms with Crippen LogP contribution in [0.2, 0.25) is 0 Å². The molecule has 1 radical (unpaired) electrons. The lowest BCUT2D eigenvalue weighted by atomic mass is 9.51. The van der Waals surface area contributed by atoms with Crippen molar-refractivity contribution >= 4 is 0 Å². The highest BCUT2D eigenvalue weighted by Gasteiger charge is 2.56. The van der Waals surface area contributed by atoms with Gasteiger partial charge in [0.1, 0.15) is 5.60 Å². The Morgan fingerprint density at radius 3 is 2.08 bits per heavy atom. The molecule has 0 aromatic carbocycles. The molecule has 0 spiro atoms. The third-order valence-electron chi connectivity index (χ3n) is 4.05. The number of hydrogen-bond donors (Lipinski definition) is 1. The molecule has 4 rings (SSSR count). The van der Waals surface area contributed by atoms with Crippen LogP contribution in [0.3, 0.4) is 0 Å². The van der Waals surface area contributed by atoms with E-state index in [0.717, 1.165) is 32.1 Å². The predicted octanol–water partition coefficient (Wildman–Crippen LogP) is 1.47. The summed E-state index contributed by atoms with van der Waals surface area (Å²) in [5.74, 6) is 1.35. The summed E-state index contributed by atoms with van der Waals surface area (Å²) in [7, 11) is 0. The maximum Gasteiger partial charge on any atom is 0.106 e. The van der Waals surface area contributed by atoms with Gasteiger partial charge < -0.3 is 5.73 Å². The van der Waals surface area contributed by atoms with Crippen molar-refractivity contribution in [2.75, 3.05) is 0 Å². The summed E-state index contributed by atoms with van der Waals surface area (Å²) in [6, 6.07) is 0. The highest BCUT2D eigenvalue weighted by molar-refractivity contribution is 5.10. The molecular weight excluding hydrogens is 150 g/mol. The van der Waals surface area contributed by atoms with Gasteiger partial charge in [-0.2, -0.15) is 0 Å². The highest BCUT2D eigenvalue weighted by atomic mass is 16.3. The summed E-state index contributed by atoms with van der Waals surface area (Å²) in [6.45, 7) is 0. The number of nitrogens with two attached hydrogens (primary N) is 1. The molecular formula is C10H16NO. The van der Waals surface area contributed by atoms with E-state index < -0.39 is 5.60 Å². The zero-order valence-electron chi connectivity index (χ0n) is 7.38. The van der Waals surface area contributed by atoms with Gasteiger partial charge in [-0.25, -0.2) is 5.11 Å². The van der Waals surface area contributed by atoms with Crippen LogP contribution in [0.4, 0.5) is 0 Å². The van der Waals surface area contributed by atoms with Gasteiger partial charge in [-0.3, -0.25) is 0 Å². The minimum Gasteiger partial charge on any atom is -0.325 e. The van der Waals surface area contributed by atoms with Gasteiger partial charge in [0.2, 0.25) is 0 Å². The Morgan fingerprint density at radius 2 is 1.67 bits per heavy atom. The normalized spacial score (nSPS) is 62.5. The van der Waals surface area contributed by atoms with Crippen LogP contribution in [0, 0.1) is 11.8 Å². The standard InChI is InChI=1S/C10H16NO/c11-9-2-7-1-8(3-9)5-10(12,4-7)6-9/h7-8H,1-6,11H2. The Bertz CT molecular complexity index is 192. The molecule has 0 saturated heterocycles. The molecule has 2 atom stereocenters. The summed E-state index contributed by atoms with van der Waals surface area (Å²) < 4.78 is 0. The van der Waals surface area contributed by atoms with Gasteiger partial charge in [0.15, 0.2) is 0 Å². The average Bonchev–Trinajstić information content (AvgIpc) is 1.75. The topological polar surface area (TPSA) is 45.9 Å². The summed E-state index contributed by atoms with van der Waals surface area (Å²) >= 11 is 0. The molecule has 4 aliphatic rings. The van der Waals surface area contributed by atoms with Crippen molar-refractivity contribution in [2.24, 2.45) is 17.6 Å². The van der Waals surface area contributed by atoms with E-state index in [1.54, 1.807) is 0 Å². The Labute approximate surface area is 73.1 Å². The van der Waals surface area contributed by atoms with E-state index in [1.165, 1.54) is 6.42 Å². The van der Waals surface area contributed by atoms with E-state index in [1.807, 2.05) is 0 Å². The molecule has 2 heteroatoms. The minimum atomic E-state index is -0.612. The van der Waals surface area contributed by atoms with Crippen molar-refractivity contribution in [1.29, 1.82) is 0 Å². The zero-order chi connectivity index (χ0) is 8.40. The Morgan fingerprint density at radius 1 is 1.08 bits per heavy atom. The first-order chi connectivity index (χ1) is 5.57. The van der Waals surface area contributed by atoms with Crippen molar-refractivity contribution in [1.82, 2.24) is 0 Å². The summed E-state index contributed by atoms with van der Waals surface area (Å²) in [5, 5.41) is 12.1. The lowest BCUT2D eigenvalue weighted by Gasteiger charge is -2.57. The largest absolute Gasteiger partial charge is 0.325 e. The van der Waals surface area contributed by atoms with Crippen LogP contribution in [-0.2, 0) is 5.11 Å². The Kier molecular flexibility index (Phi) is 1.15. The molecule has 0 aliphatic heterocycles.